The zero-order chi connectivity index (χ0) is 20.2. The normalized spacial score (nSPS) is 14.4. The predicted octanol–water partition coefficient (Wildman–Crippen LogP) is 5.19. The molecule has 1 aromatic heterocycles. The number of rotatable bonds is 8. The van der Waals surface area contributed by atoms with Crippen molar-refractivity contribution in [2.75, 3.05) is 7.11 Å². The molecule has 1 aliphatic carbocycles. The number of methoxy groups -OCH3 is 1. The fourth-order valence-corrected chi connectivity index (χ4v) is 4.33. The van der Waals surface area contributed by atoms with E-state index in [0.717, 1.165) is 46.8 Å². The van der Waals surface area contributed by atoms with E-state index in [4.69, 9.17) is 4.74 Å². The molecule has 4 rings (SSSR count). The number of nitrogens with one attached hydrogen (secondary N) is 1. The van der Waals surface area contributed by atoms with Gasteiger partial charge in [0.05, 0.1) is 25.3 Å². The van der Waals surface area contributed by atoms with Crippen molar-refractivity contribution in [2.45, 2.75) is 38.6 Å². The number of carbonyl (C=O) groups is 1. The largest absolute Gasteiger partial charge is 0.497 e. The van der Waals surface area contributed by atoms with Crippen LogP contribution < -0.4 is 10.1 Å². The van der Waals surface area contributed by atoms with Gasteiger partial charge in [-0.2, -0.15) is 0 Å². The Labute approximate surface area is 176 Å². The molecule has 29 heavy (non-hydrogen) atoms. The van der Waals surface area contributed by atoms with Crippen molar-refractivity contribution in [3.8, 4) is 16.3 Å². The van der Waals surface area contributed by atoms with Crippen LogP contribution in [-0.2, 0) is 17.6 Å². The van der Waals surface area contributed by atoms with Crippen molar-refractivity contribution in [3.05, 3.63) is 70.7 Å². The summed E-state index contributed by atoms with van der Waals surface area (Å²) in [4.78, 5) is 17.4. The van der Waals surface area contributed by atoms with Crippen molar-refractivity contribution < 1.29 is 9.53 Å². The maximum Gasteiger partial charge on any atom is 0.226 e. The molecule has 0 radical (unpaired) electrons. The third-order valence-corrected chi connectivity index (χ3v) is 6.33. The summed E-state index contributed by atoms with van der Waals surface area (Å²) in [5, 5.41) is 6.18. The van der Waals surface area contributed by atoms with Crippen LogP contribution >= 0.6 is 11.3 Å². The first-order valence-electron chi connectivity index (χ1n) is 10.1. The molecule has 1 atom stereocenters. The fraction of sp³-hybridized carbons (Fsp3) is 0.333. The Morgan fingerprint density at radius 1 is 1.17 bits per heavy atom. The van der Waals surface area contributed by atoms with Gasteiger partial charge in [-0.15, -0.1) is 11.3 Å². The number of ether oxygens (including phenoxy) is 1. The van der Waals surface area contributed by atoms with Gasteiger partial charge in [-0.1, -0.05) is 43.3 Å². The first-order chi connectivity index (χ1) is 14.2. The van der Waals surface area contributed by atoms with E-state index >= 15 is 0 Å². The van der Waals surface area contributed by atoms with Crippen LogP contribution in [0, 0.1) is 5.92 Å². The lowest BCUT2D eigenvalue weighted by Crippen LogP contribution is -2.31. The van der Waals surface area contributed by atoms with Gasteiger partial charge in [-0.05, 0) is 48.4 Å². The Hall–Kier alpha value is -2.66. The van der Waals surface area contributed by atoms with Crippen molar-refractivity contribution in [2.24, 2.45) is 5.92 Å². The second-order valence-electron chi connectivity index (χ2n) is 7.53. The van der Waals surface area contributed by atoms with Crippen molar-refractivity contribution in [1.29, 1.82) is 0 Å². The van der Waals surface area contributed by atoms with E-state index in [2.05, 4.69) is 41.5 Å². The van der Waals surface area contributed by atoms with Gasteiger partial charge < -0.3 is 10.1 Å². The lowest BCUT2D eigenvalue weighted by atomic mass is 10.0. The number of benzene rings is 2. The molecule has 2 aromatic carbocycles. The third-order valence-electron chi connectivity index (χ3n) is 5.39. The number of hydrogen-bond acceptors (Lipinski definition) is 4. The van der Waals surface area contributed by atoms with E-state index in [1.54, 1.807) is 18.4 Å². The van der Waals surface area contributed by atoms with E-state index in [-0.39, 0.29) is 11.9 Å². The second kappa shape index (κ2) is 8.78. The molecule has 1 fully saturated rings. The van der Waals surface area contributed by atoms with Gasteiger partial charge in [0.15, 0.2) is 0 Å². The predicted molar refractivity (Wildman–Crippen MR) is 117 cm³/mol. The van der Waals surface area contributed by atoms with Crippen LogP contribution in [0.25, 0.3) is 10.6 Å². The molecule has 0 unspecified atom stereocenters. The van der Waals surface area contributed by atoms with Crippen LogP contribution in [0.1, 0.15) is 42.6 Å². The number of amides is 1. The number of carbonyl (C=O) groups excluding carboxylic acids is 1. The maximum absolute atomic E-state index is 12.7. The Balaban J connectivity index is 1.41. The van der Waals surface area contributed by atoms with Crippen LogP contribution in [0.2, 0.25) is 0 Å². The fourth-order valence-electron chi connectivity index (χ4n) is 3.51. The zero-order valence-electron chi connectivity index (χ0n) is 16.9. The molecule has 1 saturated carbocycles. The van der Waals surface area contributed by atoms with E-state index < -0.39 is 0 Å². The highest BCUT2D eigenvalue weighted by Crippen LogP contribution is 2.41. The van der Waals surface area contributed by atoms with Gasteiger partial charge >= 0.3 is 0 Å². The van der Waals surface area contributed by atoms with Crippen LogP contribution in [0.4, 0.5) is 0 Å². The first-order valence-corrected chi connectivity index (χ1v) is 11.0. The zero-order valence-corrected chi connectivity index (χ0v) is 17.7. The van der Waals surface area contributed by atoms with Crippen LogP contribution in [-0.4, -0.2) is 18.0 Å². The molecule has 4 nitrogen and oxygen atoms in total. The number of aromatic nitrogens is 1. The molecule has 0 aliphatic heterocycles. The molecule has 0 saturated heterocycles. The van der Waals surface area contributed by atoms with E-state index in [1.807, 2.05) is 29.6 Å². The second-order valence-corrected chi connectivity index (χ2v) is 8.39. The molecule has 1 aliphatic rings. The lowest BCUT2D eigenvalue weighted by Gasteiger charge is -2.19. The number of hydrogen-bond donors (Lipinski definition) is 1. The molecule has 0 bridgehead atoms. The Bertz CT molecular complexity index is 959. The number of nitrogens with zero attached hydrogens (tertiary/aromatic N) is 1. The SMILES string of the molecule is CCc1ccc(-c2nc(CC(=O)N[C@@H](c3ccc(OC)cc3)C3CC3)cs2)cc1. The molecular weight excluding hydrogens is 380 g/mol. The summed E-state index contributed by atoms with van der Waals surface area (Å²) >= 11 is 1.59. The van der Waals surface area contributed by atoms with Gasteiger partial charge in [0.2, 0.25) is 5.91 Å². The Kier molecular flexibility index (Phi) is 5.95. The van der Waals surface area contributed by atoms with Crippen molar-refractivity contribution >= 4 is 17.2 Å². The van der Waals surface area contributed by atoms with Crippen molar-refractivity contribution in [1.82, 2.24) is 10.3 Å². The summed E-state index contributed by atoms with van der Waals surface area (Å²) in [6.07, 6.45) is 3.65. The molecule has 1 heterocycles. The summed E-state index contributed by atoms with van der Waals surface area (Å²) in [6.45, 7) is 2.15. The molecule has 3 aromatic rings. The highest BCUT2D eigenvalue weighted by molar-refractivity contribution is 7.13. The van der Waals surface area contributed by atoms with Gasteiger partial charge in [0.25, 0.3) is 0 Å². The van der Waals surface area contributed by atoms with Crippen LogP contribution in [0.15, 0.2) is 53.9 Å². The van der Waals surface area contributed by atoms with E-state index in [1.165, 1.54) is 5.56 Å². The van der Waals surface area contributed by atoms with Crippen molar-refractivity contribution in [3.63, 3.8) is 0 Å². The van der Waals surface area contributed by atoms with E-state index in [9.17, 15) is 4.79 Å². The summed E-state index contributed by atoms with van der Waals surface area (Å²) < 4.78 is 5.24. The number of aryl methyl sites for hydroxylation is 1. The lowest BCUT2D eigenvalue weighted by molar-refractivity contribution is -0.121. The summed E-state index contributed by atoms with van der Waals surface area (Å²) in [7, 11) is 1.66. The summed E-state index contributed by atoms with van der Waals surface area (Å²) in [5.74, 6) is 1.38. The summed E-state index contributed by atoms with van der Waals surface area (Å²) in [6, 6.07) is 16.5. The monoisotopic (exact) mass is 406 g/mol. The molecule has 1 amide bonds. The minimum Gasteiger partial charge on any atom is -0.497 e. The number of thiazole rings is 1. The topological polar surface area (TPSA) is 51.2 Å². The summed E-state index contributed by atoms with van der Waals surface area (Å²) in [5.41, 5.74) is 4.38. The van der Waals surface area contributed by atoms with Gasteiger partial charge in [-0.25, -0.2) is 4.98 Å². The van der Waals surface area contributed by atoms with Gasteiger partial charge in [0.1, 0.15) is 10.8 Å². The molecule has 1 N–H and O–H groups in total. The average molecular weight is 407 g/mol. The van der Waals surface area contributed by atoms with E-state index in [0.29, 0.717) is 12.3 Å². The van der Waals surface area contributed by atoms with Gasteiger partial charge in [-0.3, -0.25) is 4.79 Å². The highest BCUT2D eigenvalue weighted by Gasteiger charge is 2.33. The minimum atomic E-state index is 0.0240. The first kappa shape index (κ1) is 19.6. The molecule has 5 heteroatoms. The minimum absolute atomic E-state index is 0.0240. The van der Waals surface area contributed by atoms with Crippen LogP contribution in [0.3, 0.4) is 0 Å². The van der Waals surface area contributed by atoms with Crippen LogP contribution in [0.5, 0.6) is 5.75 Å². The van der Waals surface area contributed by atoms with Gasteiger partial charge in [0, 0.05) is 10.9 Å². The standard InChI is InChI=1S/C24H26N2O2S/c1-3-16-4-6-19(7-5-16)24-25-20(15-29-24)14-22(27)26-23(17-8-9-17)18-10-12-21(28-2)13-11-18/h4-7,10-13,15,17,23H,3,8-9,14H2,1-2H3,(H,26,27)/t23-/m1/s1. The quantitative estimate of drug-likeness (QED) is 0.560. The maximum atomic E-state index is 12.7. The Morgan fingerprint density at radius 3 is 2.52 bits per heavy atom. The smallest absolute Gasteiger partial charge is 0.226 e. The molecule has 150 valence electrons. The molecule has 0 spiro atoms. The molecular formula is C24H26N2O2S. The highest BCUT2D eigenvalue weighted by atomic mass is 32.1. The average Bonchev–Trinajstić information content (AvgIpc) is 3.50. The third kappa shape index (κ3) is 4.85. The Morgan fingerprint density at radius 2 is 1.90 bits per heavy atom.